The van der Waals surface area contributed by atoms with Gasteiger partial charge in [0.15, 0.2) is 0 Å². The molecule has 0 amide bonds. The first-order valence-electron chi connectivity index (χ1n) is 6.73. The SMILES string of the molecule is CCC1CCN(c2ccc(CNC)c(C)c2)C1. The zero-order valence-corrected chi connectivity index (χ0v) is 11.3. The molecule has 1 aromatic rings. The molecule has 0 saturated carbocycles. The van der Waals surface area contributed by atoms with E-state index in [1.165, 1.54) is 42.7 Å². The molecule has 0 spiro atoms. The van der Waals surface area contributed by atoms with Gasteiger partial charge >= 0.3 is 0 Å². The highest BCUT2D eigenvalue weighted by atomic mass is 15.1. The molecule has 1 aliphatic heterocycles. The van der Waals surface area contributed by atoms with Crippen LogP contribution in [0.15, 0.2) is 18.2 Å². The summed E-state index contributed by atoms with van der Waals surface area (Å²) in [7, 11) is 2.00. The van der Waals surface area contributed by atoms with Crippen LogP contribution in [0.1, 0.15) is 30.9 Å². The summed E-state index contributed by atoms with van der Waals surface area (Å²) in [6.07, 6.45) is 2.67. The number of nitrogens with one attached hydrogen (secondary N) is 1. The lowest BCUT2D eigenvalue weighted by atomic mass is 10.1. The zero-order valence-electron chi connectivity index (χ0n) is 11.3. The van der Waals surface area contributed by atoms with Gasteiger partial charge in [0, 0.05) is 25.3 Å². The summed E-state index contributed by atoms with van der Waals surface area (Å²) in [5, 5.41) is 3.22. The minimum absolute atomic E-state index is 0.896. The fourth-order valence-electron chi connectivity index (χ4n) is 2.67. The molecule has 0 aromatic heterocycles. The molecule has 0 radical (unpaired) electrons. The van der Waals surface area contributed by atoms with Crippen molar-refractivity contribution >= 4 is 5.69 Å². The Balaban J connectivity index is 2.09. The summed E-state index contributed by atoms with van der Waals surface area (Å²) < 4.78 is 0. The molecule has 1 heterocycles. The molecular weight excluding hydrogens is 208 g/mol. The smallest absolute Gasteiger partial charge is 0.0369 e. The van der Waals surface area contributed by atoms with Gasteiger partial charge in [-0.1, -0.05) is 19.4 Å². The van der Waals surface area contributed by atoms with Gasteiger partial charge in [-0.25, -0.2) is 0 Å². The quantitative estimate of drug-likeness (QED) is 0.858. The van der Waals surface area contributed by atoms with Gasteiger partial charge < -0.3 is 10.2 Å². The fraction of sp³-hybridized carbons (Fsp3) is 0.600. The van der Waals surface area contributed by atoms with Gasteiger partial charge in [0.25, 0.3) is 0 Å². The first kappa shape index (κ1) is 12.4. The summed E-state index contributed by atoms with van der Waals surface area (Å²) in [5.41, 5.74) is 4.21. The fourth-order valence-corrected chi connectivity index (χ4v) is 2.67. The van der Waals surface area contributed by atoms with Crippen molar-refractivity contribution in [2.75, 3.05) is 25.0 Å². The van der Waals surface area contributed by atoms with Crippen molar-refractivity contribution in [3.63, 3.8) is 0 Å². The molecule has 2 heteroatoms. The molecule has 1 atom stereocenters. The molecule has 0 bridgehead atoms. The second-order valence-electron chi connectivity index (χ2n) is 5.15. The molecule has 1 aliphatic rings. The van der Waals surface area contributed by atoms with Crippen LogP contribution in [0, 0.1) is 12.8 Å². The molecule has 17 heavy (non-hydrogen) atoms. The molecule has 94 valence electrons. The van der Waals surface area contributed by atoms with Gasteiger partial charge in [0.1, 0.15) is 0 Å². The third-order valence-electron chi connectivity index (χ3n) is 3.92. The van der Waals surface area contributed by atoms with Crippen LogP contribution in [-0.4, -0.2) is 20.1 Å². The van der Waals surface area contributed by atoms with E-state index < -0.39 is 0 Å². The Morgan fingerprint density at radius 1 is 1.41 bits per heavy atom. The highest BCUT2D eigenvalue weighted by Crippen LogP contribution is 2.27. The maximum atomic E-state index is 3.22. The molecule has 1 unspecified atom stereocenters. The Morgan fingerprint density at radius 3 is 2.82 bits per heavy atom. The standard InChI is InChI=1S/C15H24N2/c1-4-13-7-8-17(11-13)15-6-5-14(10-16-3)12(2)9-15/h5-6,9,13,16H,4,7-8,10-11H2,1-3H3. The van der Waals surface area contributed by atoms with E-state index in [9.17, 15) is 0 Å². The Labute approximate surface area is 105 Å². The minimum Gasteiger partial charge on any atom is -0.371 e. The lowest BCUT2D eigenvalue weighted by molar-refractivity contribution is 0.569. The number of nitrogens with zero attached hydrogens (tertiary/aromatic N) is 1. The van der Waals surface area contributed by atoms with E-state index in [0.29, 0.717) is 0 Å². The number of anilines is 1. The molecule has 0 aliphatic carbocycles. The third kappa shape index (κ3) is 2.81. The van der Waals surface area contributed by atoms with Crippen molar-refractivity contribution < 1.29 is 0 Å². The van der Waals surface area contributed by atoms with Crippen LogP contribution in [0.3, 0.4) is 0 Å². The normalized spacial score (nSPS) is 19.9. The van der Waals surface area contributed by atoms with Crippen LogP contribution in [0.2, 0.25) is 0 Å². The summed E-state index contributed by atoms with van der Waals surface area (Å²) in [5.74, 6) is 0.896. The first-order chi connectivity index (χ1) is 8.24. The van der Waals surface area contributed by atoms with Crippen LogP contribution in [-0.2, 0) is 6.54 Å². The topological polar surface area (TPSA) is 15.3 Å². The van der Waals surface area contributed by atoms with Crippen molar-refractivity contribution in [1.82, 2.24) is 5.32 Å². The van der Waals surface area contributed by atoms with Crippen LogP contribution in [0.5, 0.6) is 0 Å². The van der Waals surface area contributed by atoms with Gasteiger partial charge in [-0.15, -0.1) is 0 Å². The first-order valence-corrected chi connectivity index (χ1v) is 6.73. The monoisotopic (exact) mass is 232 g/mol. The lowest BCUT2D eigenvalue weighted by Gasteiger charge is -2.20. The number of hydrogen-bond acceptors (Lipinski definition) is 2. The Morgan fingerprint density at radius 2 is 2.24 bits per heavy atom. The van der Waals surface area contributed by atoms with Crippen LogP contribution in [0.4, 0.5) is 5.69 Å². The number of rotatable bonds is 4. The average molecular weight is 232 g/mol. The van der Waals surface area contributed by atoms with Crippen molar-refractivity contribution in [3.05, 3.63) is 29.3 Å². The second kappa shape index (κ2) is 5.54. The summed E-state index contributed by atoms with van der Waals surface area (Å²) in [6.45, 7) is 7.94. The largest absolute Gasteiger partial charge is 0.371 e. The van der Waals surface area contributed by atoms with Gasteiger partial charge in [-0.3, -0.25) is 0 Å². The van der Waals surface area contributed by atoms with E-state index in [1.54, 1.807) is 0 Å². The molecule has 2 rings (SSSR count). The predicted octanol–water partition coefficient (Wildman–Crippen LogP) is 2.95. The molecular formula is C15H24N2. The number of aryl methyl sites for hydroxylation is 1. The summed E-state index contributed by atoms with van der Waals surface area (Å²) in [6, 6.07) is 6.88. The summed E-state index contributed by atoms with van der Waals surface area (Å²) in [4.78, 5) is 2.53. The van der Waals surface area contributed by atoms with E-state index in [2.05, 4.69) is 42.3 Å². The van der Waals surface area contributed by atoms with E-state index in [4.69, 9.17) is 0 Å². The molecule has 2 nitrogen and oxygen atoms in total. The second-order valence-corrected chi connectivity index (χ2v) is 5.15. The highest BCUT2D eigenvalue weighted by molar-refractivity contribution is 5.51. The van der Waals surface area contributed by atoms with Crippen LogP contribution in [0.25, 0.3) is 0 Å². The average Bonchev–Trinajstić information content (AvgIpc) is 2.80. The maximum absolute atomic E-state index is 3.22. The van der Waals surface area contributed by atoms with Gasteiger partial charge in [0.2, 0.25) is 0 Å². The van der Waals surface area contributed by atoms with Gasteiger partial charge in [-0.2, -0.15) is 0 Å². The molecule has 1 fully saturated rings. The Bertz CT molecular complexity index is 373. The van der Waals surface area contributed by atoms with Crippen molar-refractivity contribution in [2.45, 2.75) is 33.2 Å². The van der Waals surface area contributed by atoms with Gasteiger partial charge in [0.05, 0.1) is 0 Å². The minimum atomic E-state index is 0.896. The highest BCUT2D eigenvalue weighted by Gasteiger charge is 2.21. The third-order valence-corrected chi connectivity index (χ3v) is 3.92. The molecule has 1 aromatic carbocycles. The van der Waals surface area contributed by atoms with Crippen LogP contribution >= 0.6 is 0 Å². The van der Waals surface area contributed by atoms with Crippen molar-refractivity contribution in [1.29, 1.82) is 0 Å². The summed E-state index contributed by atoms with van der Waals surface area (Å²) >= 11 is 0. The van der Waals surface area contributed by atoms with Crippen LogP contribution < -0.4 is 10.2 Å². The Kier molecular flexibility index (Phi) is 4.06. The van der Waals surface area contributed by atoms with Gasteiger partial charge in [-0.05, 0) is 49.6 Å². The maximum Gasteiger partial charge on any atom is 0.0369 e. The predicted molar refractivity (Wildman–Crippen MR) is 74.6 cm³/mol. The zero-order chi connectivity index (χ0) is 12.3. The number of hydrogen-bond donors (Lipinski definition) is 1. The van der Waals surface area contributed by atoms with E-state index in [1.807, 2.05) is 7.05 Å². The molecule has 1 saturated heterocycles. The Hall–Kier alpha value is -1.02. The van der Waals surface area contributed by atoms with E-state index in [-0.39, 0.29) is 0 Å². The lowest BCUT2D eigenvalue weighted by Crippen LogP contribution is -2.19. The number of benzene rings is 1. The van der Waals surface area contributed by atoms with Crippen molar-refractivity contribution in [3.8, 4) is 0 Å². The molecule has 1 N–H and O–H groups in total. The van der Waals surface area contributed by atoms with E-state index in [0.717, 1.165) is 12.5 Å². The van der Waals surface area contributed by atoms with Crippen molar-refractivity contribution in [2.24, 2.45) is 5.92 Å². The van der Waals surface area contributed by atoms with E-state index >= 15 is 0 Å².